The Hall–Kier alpha value is -0.820. The molecule has 0 spiro atoms. The van der Waals surface area contributed by atoms with Gasteiger partial charge >= 0.3 is 0 Å². The van der Waals surface area contributed by atoms with E-state index in [0.29, 0.717) is 12.3 Å². The predicted molar refractivity (Wildman–Crippen MR) is 100 cm³/mol. The van der Waals surface area contributed by atoms with Crippen LogP contribution in [0.3, 0.4) is 0 Å². The molecule has 5 nitrogen and oxygen atoms in total. The number of halogens is 1. The van der Waals surface area contributed by atoms with Gasteiger partial charge in [-0.3, -0.25) is 0 Å². The first-order valence-electron chi connectivity index (χ1n) is 9.57. The lowest BCUT2D eigenvalue weighted by molar-refractivity contribution is -0.667. The van der Waals surface area contributed by atoms with Crippen LogP contribution in [-0.4, -0.2) is 45.5 Å². The average Bonchev–Trinajstić information content (AvgIpc) is 2.64. The average molecular weight is 405 g/mol. The summed E-state index contributed by atoms with van der Waals surface area (Å²) >= 11 is 0. The predicted octanol–water partition coefficient (Wildman–Crippen LogP) is -0.614. The molecule has 0 bridgehead atoms. The first kappa shape index (κ1) is 23.2. The van der Waals surface area contributed by atoms with Crippen molar-refractivity contribution < 1.29 is 30.9 Å². The minimum absolute atomic E-state index is 0. The standard InChI is InChI=1S/C19H32N2O3S.ClH/c1-3-4-5-6-7-8-11-17-16-20-14-15-21(17)25(22,23)19-13-10-9-12-18(19)24-2;/h9-10,12-13,17,20H,3-8,11,14-16H2,1-2H3;1H. The highest BCUT2D eigenvalue weighted by Crippen LogP contribution is 2.28. The number of unbranched alkanes of at least 4 members (excludes halogenated alkanes) is 5. The van der Waals surface area contributed by atoms with Crippen LogP contribution in [0.15, 0.2) is 29.2 Å². The molecule has 0 aliphatic carbocycles. The van der Waals surface area contributed by atoms with E-state index in [-0.39, 0.29) is 23.3 Å². The van der Waals surface area contributed by atoms with E-state index in [1.54, 1.807) is 28.6 Å². The van der Waals surface area contributed by atoms with Crippen LogP contribution >= 0.6 is 0 Å². The second-order valence-corrected chi connectivity index (χ2v) is 8.65. The minimum Gasteiger partial charge on any atom is -1.00 e. The summed E-state index contributed by atoms with van der Waals surface area (Å²) in [6.07, 6.45) is 8.32. The Kier molecular flexibility index (Phi) is 10.5. The van der Waals surface area contributed by atoms with Crippen molar-refractivity contribution in [3.05, 3.63) is 24.3 Å². The van der Waals surface area contributed by atoms with Gasteiger partial charge in [0.15, 0.2) is 0 Å². The summed E-state index contributed by atoms with van der Waals surface area (Å²) in [5.41, 5.74) is 0. The molecule has 26 heavy (non-hydrogen) atoms. The maximum atomic E-state index is 13.2. The van der Waals surface area contributed by atoms with Crippen molar-refractivity contribution in [1.82, 2.24) is 4.31 Å². The molecule has 1 atom stereocenters. The second kappa shape index (κ2) is 11.8. The summed E-state index contributed by atoms with van der Waals surface area (Å²) < 4.78 is 33.4. The Morgan fingerprint density at radius 1 is 1.15 bits per heavy atom. The number of nitrogens with zero attached hydrogens (tertiary/aromatic N) is 1. The lowest BCUT2D eigenvalue weighted by Gasteiger charge is -2.33. The van der Waals surface area contributed by atoms with E-state index in [9.17, 15) is 8.42 Å². The molecule has 7 heteroatoms. The molecule has 1 aromatic rings. The molecule has 1 fully saturated rings. The largest absolute Gasteiger partial charge is 1.00 e. The summed E-state index contributed by atoms with van der Waals surface area (Å²) in [7, 11) is -2.00. The fourth-order valence-electron chi connectivity index (χ4n) is 3.53. The van der Waals surface area contributed by atoms with Crippen LogP contribution in [0.1, 0.15) is 51.9 Å². The molecular formula is C19H33ClN2O3S. The van der Waals surface area contributed by atoms with Crippen LogP contribution in [0.2, 0.25) is 0 Å². The molecule has 1 unspecified atom stereocenters. The number of para-hydroxylation sites is 1. The number of ether oxygens (including phenoxy) is 1. The third-order valence-corrected chi connectivity index (χ3v) is 6.94. The zero-order valence-corrected chi connectivity index (χ0v) is 17.6. The van der Waals surface area contributed by atoms with Crippen molar-refractivity contribution in [2.24, 2.45) is 0 Å². The van der Waals surface area contributed by atoms with Crippen molar-refractivity contribution in [1.29, 1.82) is 0 Å². The summed E-state index contributed by atoms with van der Waals surface area (Å²) in [5.74, 6) is 0.426. The van der Waals surface area contributed by atoms with E-state index < -0.39 is 10.0 Å². The summed E-state index contributed by atoms with van der Waals surface area (Å²) in [6.45, 7) is 4.46. The van der Waals surface area contributed by atoms with Gasteiger partial charge in [-0.15, -0.1) is 0 Å². The van der Waals surface area contributed by atoms with Gasteiger partial charge in [0, 0.05) is 0 Å². The Morgan fingerprint density at radius 2 is 1.85 bits per heavy atom. The second-order valence-electron chi connectivity index (χ2n) is 6.79. The molecule has 0 aromatic heterocycles. The maximum Gasteiger partial charge on any atom is 0.247 e. The number of methoxy groups -OCH3 is 1. The van der Waals surface area contributed by atoms with Crippen LogP contribution in [0.25, 0.3) is 0 Å². The highest BCUT2D eigenvalue weighted by molar-refractivity contribution is 7.89. The molecular weight excluding hydrogens is 372 g/mol. The van der Waals surface area contributed by atoms with Gasteiger partial charge in [0.1, 0.15) is 10.6 Å². The Labute approximate surface area is 165 Å². The molecule has 2 N–H and O–H groups in total. The van der Waals surface area contributed by atoms with Crippen LogP contribution in [0.4, 0.5) is 0 Å². The third kappa shape index (κ3) is 6.12. The first-order valence-corrected chi connectivity index (χ1v) is 11.0. The zero-order valence-electron chi connectivity index (χ0n) is 16.0. The van der Waals surface area contributed by atoms with Gasteiger partial charge in [-0.05, 0) is 18.6 Å². The first-order chi connectivity index (χ1) is 12.1. The fourth-order valence-corrected chi connectivity index (χ4v) is 5.36. The van der Waals surface area contributed by atoms with Gasteiger partial charge in [-0.1, -0.05) is 57.6 Å². The smallest absolute Gasteiger partial charge is 0.247 e. The Balaban J connectivity index is 0.00000338. The maximum absolute atomic E-state index is 13.2. The Bertz CT molecular complexity index is 625. The molecule has 1 aliphatic rings. The van der Waals surface area contributed by atoms with E-state index in [4.69, 9.17) is 4.74 Å². The number of hydrogen-bond donors (Lipinski definition) is 1. The van der Waals surface area contributed by atoms with E-state index >= 15 is 0 Å². The number of rotatable bonds is 10. The van der Waals surface area contributed by atoms with Crippen LogP contribution < -0.4 is 22.5 Å². The summed E-state index contributed by atoms with van der Waals surface area (Å²) in [6, 6.07) is 7.00. The number of benzene rings is 1. The van der Waals surface area contributed by atoms with Gasteiger partial charge in [-0.2, -0.15) is 4.31 Å². The van der Waals surface area contributed by atoms with E-state index in [2.05, 4.69) is 12.2 Å². The molecule has 0 radical (unpaired) electrons. The highest BCUT2D eigenvalue weighted by Gasteiger charge is 2.36. The zero-order chi connectivity index (χ0) is 18.1. The molecule has 2 rings (SSSR count). The van der Waals surface area contributed by atoms with Gasteiger partial charge in [-0.25, -0.2) is 8.42 Å². The number of nitrogens with two attached hydrogens (primary N) is 1. The highest BCUT2D eigenvalue weighted by atomic mass is 35.5. The number of piperazine rings is 1. The molecule has 0 saturated carbocycles. The SMILES string of the molecule is CCCCCCCCC1C[NH2+]CCN1S(=O)(=O)c1ccccc1OC.[Cl-]. The lowest BCUT2D eigenvalue weighted by Crippen LogP contribution is -3.00. The molecule has 1 heterocycles. The minimum atomic E-state index is -3.52. The van der Waals surface area contributed by atoms with Crippen LogP contribution in [0, 0.1) is 0 Å². The van der Waals surface area contributed by atoms with Crippen molar-refractivity contribution in [2.75, 3.05) is 26.7 Å². The van der Waals surface area contributed by atoms with E-state index in [0.717, 1.165) is 25.9 Å². The normalized spacial score (nSPS) is 18.3. The lowest BCUT2D eigenvalue weighted by atomic mass is 10.0. The number of sulfonamides is 1. The van der Waals surface area contributed by atoms with Gasteiger partial charge in [0.2, 0.25) is 10.0 Å². The molecule has 1 aliphatic heterocycles. The molecule has 150 valence electrons. The number of quaternary nitrogens is 1. The van der Waals surface area contributed by atoms with Crippen molar-refractivity contribution >= 4 is 10.0 Å². The van der Waals surface area contributed by atoms with Crippen molar-refractivity contribution in [3.63, 3.8) is 0 Å². The van der Waals surface area contributed by atoms with Crippen LogP contribution in [-0.2, 0) is 10.0 Å². The fraction of sp³-hybridized carbons (Fsp3) is 0.684. The molecule has 0 amide bonds. The monoisotopic (exact) mass is 404 g/mol. The quantitative estimate of drug-likeness (QED) is 0.529. The topological polar surface area (TPSA) is 63.2 Å². The van der Waals surface area contributed by atoms with Crippen LogP contribution in [0.5, 0.6) is 5.75 Å². The van der Waals surface area contributed by atoms with E-state index in [1.807, 2.05) is 0 Å². The van der Waals surface area contributed by atoms with Gasteiger partial charge in [0.25, 0.3) is 0 Å². The van der Waals surface area contributed by atoms with Gasteiger partial charge < -0.3 is 22.5 Å². The molecule has 1 aromatic carbocycles. The van der Waals surface area contributed by atoms with Crippen molar-refractivity contribution in [2.45, 2.75) is 62.8 Å². The van der Waals surface area contributed by atoms with Crippen molar-refractivity contribution in [3.8, 4) is 5.75 Å². The summed E-state index contributed by atoms with van der Waals surface area (Å²) in [5, 5.41) is 2.23. The van der Waals surface area contributed by atoms with Gasteiger partial charge in [0.05, 0.1) is 32.8 Å². The summed E-state index contributed by atoms with van der Waals surface area (Å²) in [4.78, 5) is 0.285. The third-order valence-electron chi connectivity index (χ3n) is 4.95. The Morgan fingerprint density at radius 3 is 2.58 bits per heavy atom. The number of hydrogen-bond acceptors (Lipinski definition) is 3. The van der Waals surface area contributed by atoms with E-state index in [1.165, 1.54) is 39.2 Å². The molecule has 1 saturated heterocycles.